The predicted octanol–water partition coefficient (Wildman–Crippen LogP) is 5.32. The zero-order valence-electron chi connectivity index (χ0n) is 11.5. The van der Waals surface area contributed by atoms with Crippen molar-refractivity contribution in [3.05, 3.63) is 69.8 Å². The minimum atomic E-state index is 0.0781. The molecule has 0 radical (unpaired) electrons. The van der Waals surface area contributed by atoms with Crippen LogP contribution in [0.4, 0.5) is 0 Å². The first-order valence-corrected chi connectivity index (χ1v) is 8.66. The van der Waals surface area contributed by atoms with Crippen LogP contribution < -0.4 is 0 Å². The summed E-state index contributed by atoms with van der Waals surface area (Å²) in [5.74, 6) is 0.0781. The van der Waals surface area contributed by atoms with Gasteiger partial charge in [-0.2, -0.15) is 0 Å². The van der Waals surface area contributed by atoms with Gasteiger partial charge in [-0.05, 0) is 48.2 Å². The van der Waals surface area contributed by atoms with Crippen molar-refractivity contribution in [1.82, 2.24) is 0 Å². The molecule has 2 aromatic carbocycles. The predicted molar refractivity (Wildman–Crippen MR) is 91.1 cm³/mol. The van der Waals surface area contributed by atoms with Crippen LogP contribution in [-0.4, -0.2) is 5.78 Å². The van der Waals surface area contributed by atoms with Gasteiger partial charge in [0.1, 0.15) is 0 Å². The fourth-order valence-electron chi connectivity index (χ4n) is 2.08. The molecule has 0 saturated carbocycles. The Balaban J connectivity index is 2.41. The van der Waals surface area contributed by atoms with Gasteiger partial charge in [0.15, 0.2) is 5.78 Å². The largest absolute Gasteiger partial charge is 0.289 e. The number of rotatable bonds is 4. The van der Waals surface area contributed by atoms with Crippen LogP contribution in [-0.2, 0) is 10.7 Å². The van der Waals surface area contributed by atoms with E-state index < -0.39 is 0 Å². The van der Waals surface area contributed by atoms with Crippen molar-refractivity contribution in [2.45, 2.75) is 24.5 Å². The number of carbonyl (C=O) groups excluding carboxylic acids is 1. The van der Waals surface area contributed by atoms with Gasteiger partial charge in [0.25, 0.3) is 0 Å². The van der Waals surface area contributed by atoms with E-state index in [0.717, 1.165) is 32.9 Å². The maximum Gasteiger partial charge on any atom is 0.193 e. The first kappa shape index (κ1) is 15.5. The highest BCUT2D eigenvalue weighted by molar-refractivity contribution is 9.08. The number of benzene rings is 2. The Morgan fingerprint density at radius 3 is 1.60 bits per heavy atom. The summed E-state index contributed by atoms with van der Waals surface area (Å²) in [6.45, 7) is 4.11. The minimum absolute atomic E-state index is 0.0781. The van der Waals surface area contributed by atoms with Crippen molar-refractivity contribution in [3.8, 4) is 0 Å². The van der Waals surface area contributed by atoms with Crippen molar-refractivity contribution >= 4 is 37.6 Å². The highest BCUT2D eigenvalue weighted by atomic mass is 79.9. The SMILES string of the molecule is Cc1ccc(C(=O)c2ccc(C)c(CBr)c2)cc1CBr. The number of aryl methyl sites for hydroxylation is 2. The molecule has 0 fully saturated rings. The highest BCUT2D eigenvalue weighted by Crippen LogP contribution is 2.20. The molecule has 0 spiro atoms. The molecule has 0 saturated heterocycles. The number of alkyl halides is 2. The molecule has 0 aliphatic carbocycles. The Labute approximate surface area is 136 Å². The van der Waals surface area contributed by atoms with E-state index in [-0.39, 0.29) is 5.78 Å². The summed E-state index contributed by atoms with van der Waals surface area (Å²) >= 11 is 6.93. The van der Waals surface area contributed by atoms with Crippen LogP contribution in [0.5, 0.6) is 0 Å². The quantitative estimate of drug-likeness (QED) is 0.505. The van der Waals surface area contributed by atoms with Crippen molar-refractivity contribution in [2.24, 2.45) is 0 Å². The highest BCUT2D eigenvalue weighted by Gasteiger charge is 2.12. The monoisotopic (exact) mass is 394 g/mol. The third-order valence-corrected chi connectivity index (χ3v) is 4.72. The molecule has 2 rings (SSSR count). The van der Waals surface area contributed by atoms with Gasteiger partial charge in [0, 0.05) is 21.8 Å². The lowest BCUT2D eigenvalue weighted by Gasteiger charge is -2.08. The molecule has 0 N–H and O–H groups in total. The lowest BCUT2D eigenvalue weighted by molar-refractivity contribution is 0.103. The molecule has 0 heterocycles. The fraction of sp³-hybridized carbons (Fsp3) is 0.235. The first-order valence-electron chi connectivity index (χ1n) is 6.42. The van der Waals surface area contributed by atoms with Crippen LogP contribution >= 0.6 is 31.9 Å². The summed E-state index contributed by atoms with van der Waals surface area (Å²) < 4.78 is 0. The summed E-state index contributed by atoms with van der Waals surface area (Å²) in [7, 11) is 0. The fourth-order valence-corrected chi connectivity index (χ4v) is 3.29. The number of hydrogen-bond donors (Lipinski definition) is 0. The second-order valence-electron chi connectivity index (χ2n) is 4.88. The van der Waals surface area contributed by atoms with E-state index in [2.05, 4.69) is 45.7 Å². The molecular formula is C17H16Br2O. The van der Waals surface area contributed by atoms with Crippen molar-refractivity contribution < 1.29 is 4.79 Å². The van der Waals surface area contributed by atoms with Gasteiger partial charge >= 0.3 is 0 Å². The van der Waals surface area contributed by atoms with Crippen LogP contribution in [0, 0.1) is 13.8 Å². The molecule has 0 unspecified atom stereocenters. The summed E-state index contributed by atoms with van der Waals surface area (Å²) in [6.07, 6.45) is 0. The van der Waals surface area contributed by atoms with E-state index in [1.54, 1.807) is 0 Å². The lowest BCUT2D eigenvalue weighted by Crippen LogP contribution is -2.04. The van der Waals surface area contributed by atoms with E-state index in [0.29, 0.717) is 0 Å². The van der Waals surface area contributed by atoms with E-state index in [1.807, 2.05) is 36.4 Å². The zero-order chi connectivity index (χ0) is 14.7. The van der Waals surface area contributed by atoms with E-state index in [9.17, 15) is 4.79 Å². The lowest BCUT2D eigenvalue weighted by atomic mass is 9.97. The maximum atomic E-state index is 12.6. The molecule has 104 valence electrons. The molecule has 0 atom stereocenters. The second-order valence-corrected chi connectivity index (χ2v) is 6.00. The summed E-state index contributed by atoms with van der Waals surface area (Å²) in [5, 5.41) is 1.53. The number of halogens is 2. The Kier molecular flexibility index (Phi) is 5.17. The molecule has 0 bridgehead atoms. The van der Waals surface area contributed by atoms with E-state index in [1.165, 1.54) is 11.1 Å². The van der Waals surface area contributed by atoms with Gasteiger partial charge in [0.05, 0.1) is 0 Å². The molecule has 2 aromatic rings. The Bertz CT molecular complexity index is 592. The van der Waals surface area contributed by atoms with Crippen LogP contribution in [0.1, 0.15) is 38.2 Å². The third-order valence-electron chi connectivity index (χ3n) is 3.51. The maximum absolute atomic E-state index is 12.6. The Morgan fingerprint density at radius 1 is 0.850 bits per heavy atom. The van der Waals surface area contributed by atoms with Gasteiger partial charge in [-0.1, -0.05) is 56.1 Å². The van der Waals surface area contributed by atoms with Crippen molar-refractivity contribution in [1.29, 1.82) is 0 Å². The van der Waals surface area contributed by atoms with E-state index >= 15 is 0 Å². The van der Waals surface area contributed by atoms with Gasteiger partial charge in [-0.25, -0.2) is 0 Å². The summed E-state index contributed by atoms with van der Waals surface area (Å²) in [4.78, 5) is 12.6. The van der Waals surface area contributed by atoms with Crippen LogP contribution in [0.15, 0.2) is 36.4 Å². The number of hydrogen-bond acceptors (Lipinski definition) is 1. The average molecular weight is 396 g/mol. The molecule has 1 nitrogen and oxygen atoms in total. The Hall–Kier alpha value is -0.930. The standard InChI is InChI=1S/C17H16Br2O/c1-11-3-5-13(7-15(11)9-18)17(20)14-6-4-12(2)16(8-14)10-19/h3-8H,9-10H2,1-2H3. The van der Waals surface area contributed by atoms with E-state index in [4.69, 9.17) is 0 Å². The first-order chi connectivity index (χ1) is 9.56. The Morgan fingerprint density at radius 2 is 1.25 bits per heavy atom. The van der Waals surface area contributed by atoms with Gasteiger partial charge in [-0.3, -0.25) is 4.79 Å². The molecule has 3 heteroatoms. The summed E-state index contributed by atoms with van der Waals surface area (Å²) in [6, 6.07) is 11.8. The molecular weight excluding hydrogens is 380 g/mol. The van der Waals surface area contributed by atoms with Gasteiger partial charge < -0.3 is 0 Å². The van der Waals surface area contributed by atoms with Crippen LogP contribution in [0.2, 0.25) is 0 Å². The van der Waals surface area contributed by atoms with Crippen molar-refractivity contribution in [3.63, 3.8) is 0 Å². The topological polar surface area (TPSA) is 17.1 Å². The van der Waals surface area contributed by atoms with Crippen molar-refractivity contribution in [2.75, 3.05) is 0 Å². The third kappa shape index (κ3) is 3.21. The number of ketones is 1. The molecule has 0 aromatic heterocycles. The van der Waals surface area contributed by atoms with Gasteiger partial charge in [0.2, 0.25) is 0 Å². The zero-order valence-corrected chi connectivity index (χ0v) is 14.7. The van der Waals surface area contributed by atoms with Crippen LogP contribution in [0.25, 0.3) is 0 Å². The average Bonchev–Trinajstić information content (AvgIpc) is 2.47. The van der Waals surface area contributed by atoms with Crippen LogP contribution in [0.3, 0.4) is 0 Å². The molecule has 0 amide bonds. The smallest absolute Gasteiger partial charge is 0.193 e. The molecule has 20 heavy (non-hydrogen) atoms. The molecule has 0 aliphatic rings. The van der Waals surface area contributed by atoms with Gasteiger partial charge in [-0.15, -0.1) is 0 Å². The normalized spacial score (nSPS) is 10.6. The summed E-state index contributed by atoms with van der Waals surface area (Å²) in [5.41, 5.74) is 6.20. The minimum Gasteiger partial charge on any atom is -0.289 e. The second kappa shape index (κ2) is 6.68. The number of carbonyl (C=O) groups is 1. The molecule has 0 aliphatic heterocycles.